The molecule has 2 N–H and O–H groups in total. The van der Waals surface area contributed by atoms with Crippen LogP contribution in [-0.4, -0.2) is 29.2 Å². The Balaban J connectivity index is 1.54. The molecule has 0 spiro atoms. The average Bonchev–Trinajstić information content (AvgIpc) is 3.54. The molecule has 42 heavy (non-hydrogen) atoms. The van der Waals surface area contributed by atoms with Gasteiger partial charge in [-0.2, -0.15) is 0 Å². The number of carbonyl (C=O) groups excluding carboxylic acids is 2. The predicted octanol–water partition coefficient (Wildman–Crippen LogP) is 7.30. The molecule has 6 nitrogen and oxygen atoms in total. The molecule has 1 aromatic heterocycles. The van der Waals surface area contributed by atoms with Gasteiger partial charge >= 0.3 is 5.97 Å². The highest BCUT2D eigenvalue weighted by Gasteiger charge is 2.60. The monoisotopic (exact) mass is 591 g/mol. The van der Waals surface area contributed by atoms with E-state index in [-0.39, 0.29) is 5.91 Å². The largest absolute Gasteiger partial charge is 0.466 e. The molecule has 0 saturated carbocycles. The highest BCUT2D eigenvalue weighted by atomic mass is 35.5. The zero-order chi connectivity index (χ0) is 28.8. The Kier molecular flexibility index (Phi) is 6.56. The van der Waals surface area contributed by atoms with E-state index in [1.54, 1.807) is 11.8 Å². The van der Waals surface area contributed by atoms with E-state index in [2.05, 4.69) is 10.3 Å². The van der Waals surface area contributed by atoms with Gasteiger partial charge < -0.3 is 19.9 Å². The highest BCUT2D eigenvalue weighted by molar-refractivity contribution is 8.00. The number of H-pyrrole nitrogens is 1. The lowest BCUT2D eigenvalue weighted by atomic mass is 9.71. The van der Waals surface area contributed by atoms with Gasteiger partial charge in [0.25, 0.3) is 0 Å². The second kappa shape index (κ2) is 10.4. The van der Waals surface area contributed by atoms with Crippen LogP contribution in [0.4, 0.5) is 11.4 Å². The van der Waals surface area contributed by atoms with E-state index in [4.69, 9.17) is 16.3 Å². The standard InChI is InChI=1S/C34H26ClN3O3S/c1-41-31(39)18-28-32(42-30-14-8-7-13-27(30)37-28)34(25-19-36-26-12-6-5-11-23(25)26)24-17-22(35)15-16-29(24)38(33(34)40)20-21-9-3-2-4-10-21/h2-19,32,36-37H,20H2,1H3/b28-18-/t32-,34-/m0/s1. The van der Waals surface area contributed by atoms with Crippen LogP contribution in [0.3, 0.4) is 0 Å². The summed E-state index contributed by atoms with van der Waals surface area (Å²) in [6.45, 7) is 0.385. The molecule has 0 unspecified atom stereocenters. The molecule has 0 saturated heterocycles. The SMILES string of the molecule is COC(=O)/C=C1\Nc2ccccc2S[C@@H]1[C@]1(c2c[nH]c3ccccc23)C(=O)N(Cc2ccccc2)c2ccc(Cl)cc21. The fourth-order valence-corrected chi connectivity index (χ4v) is 7.79. The lowest BCUT2D eigenvalue weighted by Crippen LogP contribution is -2.50. The molecule has 1 amide bonds. The number of ether oxygens (including phenoxy) is 1. The number of halogens is 1. The van der Waals surface area contributed by atoms with Crippen molar-refractivity contribution in [2.24, 2.45) is 0 Å². The Morgan fingerprint density at radius 3 is 2.60 bits per heavy atom. The summed E-state index contributed by atoms with van der Waals surface area (Å²) in [6.07, 6.45) is 3.39. The molecule has 2 aliphatic rings. The Hall–Kier alpha value is -4.46. The first-order valence-corrected chi connectivity index (χ1v) is 14.8. The molecule has 0 radical (unpaired) electrons. The van der Waals surface area contributed by atoms with Gasteiger partial charge in [0, 0.05) is 44.5 Å². The number of amides is 1. The molecule has 0 aliphatic carbocycles. The zero-order valence-corrected chi connectivity index (χ0v) is 24.2. The number of thioether (sulfide) groups is 1. The van der Waals surface area contributed by atoms with Crippen molar-refractivity contribution in [3.8, 4) is 0 Å². The van der Waals surface area contributed by atoms with Crippen molar-refractivity contribution < 1.29 is 14.3 Å². The van der Waals surface area contributed by atoms with Gasteiger partial charge in [-0.25, -0.2) is 4.79 Å². The quantitative estimate of drug-likeness (QED) is 0.166. The normalized spacial score (nSPS) is 20.3. The third kappa shape index (κ3) is 4.11. The van der Waals surface area contributed by atoms with Gasteiger partial charge in [0.15, 0.2) is 0 Å². The van der Waals surface area contributed by atoms with Crippen molar-refractivity contribution in [2.75, 3.05) is 17.3 Å². The second-order valence-electron chi connectivity index (χ2n) is 10.3. The molecule has 2 aliphatic heterocycles. The first-order valence-electron chi connectivity index (χ1n) is 13.6. The molecule has 4 aromatic carbocycles. The number of hydrogen-bond acceptors (Lipinski definition) is 5. The predicted molar refractivity (Wildman–Crippen MR) is 168 cm³/mol. The summed E-state index contributed by atoms with van der Waals surface area (Å²) in [5.74, 6) is -0.600. The number of methoxy groups -OCH3 is 1. The van der Waals surface area contributed by atoms with Crippen LogP contribution in [-0.2, 0) is 26.3 Å². The summed E-state index contributed by atoms with van der Waals surface area (Å²) in [6, 6.07) is 31.5. The van der Waals surface area contributed by atoms with Crippen molar-refractivity contribution in [3.63, 3.8) is 0 Å². The number of fused-ring (bicyclic) bond motifs is 3. The van der Waals surface area contributed by atoms with Crippen LogP contribution >= 0.6 is 23.4 Å². The number of carbonyl (C=O) groups is 2. The van der Waals surface area contributed by atoms with Crippen molar-refractivity contribution in [2.45, 2.75) is 22.1 Å². The number of benzene rings is 4. The smallest absolute Gasteiger partial charge is 0.332 e. The number of nitrogens with one attached hydrogen (secondary N) is 2. The number of rotatable bonds is 5. The van der Waals surface area contributed by atoms with Crippen LogP contribution in [0.5, 0.6) is 0 Å². The van der Waals surface area contributed by atoms with E-state index in [9.17, 15) is 4.79 Å². The van der Waals surface area contributed by atoms with Crippen molar-refractivity contribution in [1.82, 2.24) is 4.98 Å². The number of hydrogen-bond donors (Lipinski definition) is 2. The van der Waals surface area contributed by atoms with Gasteiger partial charge in [-0.3, -0.25) is 4.79 Å². The van der Waals surface area contributed by atoms with Gasteiger partial charge in [0.05, 0.1) is 24.6 Å². The number of anilines is 2. The van der Waals surface area contributed by atoms with Crippen molar-refractivity contribution in [3.05, 3.63) is 137 Å². The van der Waals surface area contributed by atoms with Crippen LogP contribution in [0.1, 0.15) is 16.7 Å². The van der Waals surface area contributed by atoms with Gasteiger partial charge in [-0.15, -0.1) is 11.8 Å². The Morgan fingerprint density at radius 2 is 1.76 bits per heavy atom. The summed E-state index contributed by atoms with van der Waals surface area (Å²) in [7, 11) is 1.35. The van der Waals surface area contributed by atoms with Gasteiger partial charge in [-0.1, -0.05) is 72.3 Å². The van der Waals surface area contributed by atoms with Crippen LogP contribution < -0.4 is 10.2 Å². The first-order chi connectivity index (χ1) is 20.5. The summed E-state index contributed by atoms with van der Waals surface area (Å²) in [5, 5.41) is 4.37. The molecule has 3 heterocycles. The maximum Gasteiger partial charge on any atom is 0.332 e. The number of aromatic nitrogens is 1. The first kappa shape index (κ1) is 26.4. The number of nitrogens with zero attached hydrogens (tertiary/aromatic N) is 1. The van der Waals surface area contributed by atoms with E-state index in [1.807, 2.05) is 108 Å². The molecule has 5 aromatic rings. The van der Waals surface area contributed by atoms with E-state index >= 15 is 4.79 Å². The topological polar surface area (TPSA) is 74.4 Å². The second-order valence-corrected chi connectivity index (χ2v) is 11.9. The molecular formula is C34H26ClN3O3S. The molecule has 208 valence electrons. The van der Waals surface area contributed by atoms with Gasteiger partial charge in [-0.05, 0) is 53.1 Å². The lowest BCUT2D eigenvalue weighted by molar-refractivity contribution is -0.135. The van der Waals surface area contributed by atoms with Gasteiger partial charge in [0.1, 0.15) is 5.41 Å². The van der Waals surface area contributed by atoms with E-state index < -0.39 is 16.6 Å². The minimum atomic E-state index is -1.25. The van der Waals surface area contributed by atoms with E-state index in [0.717, 1.165) is 43.9 Å². The lowest BCUT2D eigenvalue weighted by Gasteiger charge is -2.41. The van der Waals surface area contributed by atoms with Crippen LogP contribution in [0, 0.1) is 0 Å². The van der Waals surface area contributed by atoms with E-state index in [0.29, 0.717) is 17.3 Å². The zero-order valence-electron chi connectivity index (χ0n) is 22.6. The fourth-order valence-electron chi connectivity index (χ4n) is 6.18. The van der Waals surface area contributed by atoms with Crippen molar-refractivity contribution in [1.29, 1.82) is 0 Å². The minimum absolute atomic E-state index is 0.0946. The third-order valence-corrected chi connectivity index (χ3v) is 9.70. The number of esters is 1. The Morgan fingerprint density at radius 1 is 1.00 bits per heavy atom. The summed E-state index contributed by atoms with van der Waals surface area (Å²) in [5.41, 5.74) is 4.50. The highest BCUT2D eigenvalue weighted by Crippen LogP contribution is 2.58. The van der Waals surface area contributed by atoms with E-state index in [1.165, 1.54) is 13.2 Å². The summed E-state index contributed by atoms with van der Waals surface area (Å²) < 4.78 is 5.07. The van der Waals surface area contributed by atoms with Crippen LogP contribution in [0.25, 0.3) is 10.9 Å². The maximum atomic E-state index is 15.3. The molecule has 8 heteroatoms. The Bertz CT molecular complexity index is 1890. The molecular weight excluding hydrogens is 566 g/mol. The summed E-state index contributed by atoms with van der Waals surface area (Å²) >= 11 is 8.26. The maximum absolute atomic E-state index is 15.3. The molecule has 7 rings (SSSR count). The molecule has 2 atom stereocenters. The molecule has 0 bridgehead atoms. The Labute approximate surface area is 252 Å². The van der Waals surface area contributed by atoms with Gasteiger partial charge in [0.2, 0.25) is 5.91 Å². The average molecular weight is 592 g/mol. The number of aromatic amines is 1. The van der Waals surface area contributed by atoms with Crippen LogP contribution in [0.15, 0.2) is 120 Å². The third-order valence-electron chi connectivity index (χ3n) is 8.02. The van der Waals surface area contributed by atoms with Crippen molar-refractivity contribution >= 4 is 57.5 Å². The minimum Gasteiger partial charge on any atom is -0.466 e. The van der Waals surface area contributed by atoms with Crippen LogP contribution in [0.2, 0.25) is 5.02 Å². The summed E-state index contributed by atoms with van der Waals surface area (Å²) in [4.78, 5) is 34.3. The fraction of sp³-hybridized carbons (Fsp3) is 0.118. The molecule has 0 fully saturated rings. The number of para-hydroxylation sites is 2.